The number of rotatable bonds is 4. The van der Waals surface area contributed by atoms with Crippen LogP contribution in [0.1, 0.15) is 23.0 Å². The lowest BCUT2D eigenvalue weighted by molar-refractivity contribution is 0.0524. The number of aryl methyl sites for hydroxylation is 1. The van der Waals surface area contributed by atoms with E-state index in [0.717, 1.165) is 6.07 Å². The Balaban J connectivity index is 2.20. The van der Waals surface area contributed by atoms with E-state index in [4.69, 9.17) is 15.2 Å². The van der Waals surface area contributed by atoms with Gasteiger partial charge < -0.3 is 15.2 Å². The van der Waals surface area contributed by atoms with E-state index >= 15 is 0 Å². The summed E-state index contributed by atoms with van der Waals surface area (Å²) in [4.78, 5) is 19.5. The quantitative estimate of drug-likeness (QED) is 0.687. The second-order valence-corrected chi connectivity index (χ2v) is 4.16. The molecular weight excluding hydrogens is 277 g/mol. The molecule has 0 radical (unpaired) electrons. The van der Waals surface area contributed by atoms with Crippen LogP contribution in [0.15, 0.2) is 24.4 Å². The summed E-state index contributed by atoms with van der Waals surface area (Å²) < 4.78 is 23.5. The fourth-order valence-electron chi connectivity index (χ4n) is 1.58. The summed E-state index contributed by atoms with van der Waals surface area (Å²) in [6.07, 6.45) is 1.31. The largest absolute Gasteiger partial charge is 0.462 e. The molecule has 0 saturated heterocycles. The van der Waals surface area contributed by atoms with Crippen molar-refractivity contribution in [3.63, 3.8) is 0 Å². The molecule has 110 valence electrons. The molecule has 0 amide bonds. The van der Waals surface area contributed by atoms with Gasteiger partial charge >= 0.3 is 12.0 Å². The first-order valence-corrected chi connectivity index (χ1v) is 6.25. The number of benzene rings is 1. The number of hydrogen-bond donors (Lipinski definition) is 1. The number of hydrogen-bond acceptors (Lipinski definition) is 6. The number of carbonyl (C=O) groups is 1. The monoisotopic (exact) mass is 291 g/mol. The van der Waals surface area contributed by atoms with Crippen LogP contribution < -0.4 is 10.5 Å². The van der Waals surface area contributed by atoms with Gasteiger partial charge in [0.05, 0.1) is 23.6 Å². The van der Waals surface area contributed by atoms with Crippen LogP contribution >= 0.6 is 0 Å². The third kappa shape index (κ3) is 3.44. The number of halogens is 1. The van der Waals surface area contributed by atoms with Gasteiger partial charge in [-0.3, -0.25) is 0 Å². The second kappa shape index (κ2) is 6.17. The molecule has 0 saturated carbocycles. The van der Waals surface area contributed by atoms with Gasteiger partial charge in [0.1, 0.15) is 11.6 Å². The number of esters is 1. The summed E-state index contributed by atoms with van der Waals surface area (Å²) in [5.41, 5.74) is 6.07. The summed E-state index contributed by atoms with van der Waals surface area (Å²) in [5.74, 6) is -0.877. The molecule has 0 unspecified atom stereocenters. The lowest BCUT2D eigenvalue weighted by atomic mass is 10.2. The zero-order chi connectivity index (χ0) is 15.4. The molecule has 21 heavy (non-hydrogen) atoms. The third-order valence-corrected chi connectivity index (χ3v) is 2.63. The molecule has 2 N–H and O–H groups in total. The topological polar surface area (TPSA) is 87.3 Å². The van der Waals surface area contributed by atoms with Crippen LogP contribution in [-0.2, 0) is 4.74 Å². The Kier molecular flexibility index (Phi) is 4.32. The Morgan fingerprint density at radius 1 is 1.43 bits per heavy atom. The average molecular weight is 291 g/mol. The normalized spacial score (nSPS) is 10.2. The number of anilines is 1. The minimum Gasteiger partial charge on any atom is -0.462 e. The minimum atomic E-state index is -0.590. The van der Waals surface area contributed by atoms with Crippen LogP contribution in [0.5, 0.6) is 11.8 Å². The molecule has 0 bridgehead atoms. The van der Waals surface area contributed by atoms with Gasteiger partial charge in [-0.2, -0.15) is 4.98 Å². The predicted octanol–water partition coefficient (Wildman–Crippen LogP) is 2.48. The Labute approximate surface area is 120 Å². The van der Waals surface area contributed by atoms with E-state index in [1.807, 2.05) is 0 Å². The molecule has 0 atom stereocenters. The van der Waals surface area contributed by atoms with Gasteiger partial charge in [0, 0.05) is 12.3 Å². The standard InChI is InChI=1S/C14H14FN3O3/c1-3-20-13(19)10-7-17-14(18-8(10)2)21-9-4-5-12(16)11(15)6-9/h4-7H,3,16H2,1-2H3. The Morgan fingerprint density at radius 3 is 2.81 bits per heavy atom. The molecule has 6 nitrogen and oxygen atoms in total. The van der Waals surface area contributed by atoms with Gasteiger partial charge in [-0.25, -0.2) is 14.2 Å². The SMILES string of the molecule is CCOC(=O)c1cnc(Oc2ccc(N)c(F)c2)nc1C. The molecule has 1 heterocycles. The zero-order valence-corrected chi connectivity index (χ0v) is 11.6. The van der Waals surface area contributed by atoms with Gasteiger partial charge in [-0.15, -0.1) is 0 Å². The number of nitrogens with zero attached hydrogens (tertiary/aromatic N) is 2. The highest BCUT2D eigenvalue weighted by Crippen LogP contribution is 2.22. The van der Waals surface area contributed by atoms with Gasteiger partial charge in [0.2, 0.25) is 0 Å². The maximum absolute atomic E-state index is 13.3. The number of carbonyl (C=O) groups excluding carboxylic acids is 1. The van der Waals surface area contributed by atoms with Gasteiger partial charge in [-0.1, -0.05) is 0 Å². The number of nitrogen functional groups attached to an aromatic ring is 1. The molecule has 0 aliphatic heterocycles. The molecular formula is C14H14FN3O3. The summed E-state index contributed by atoms with van der Waals surface area (Å²) in [6.45, 7) is 3.60. The summed E-state index contributed by atoms with van der Waals surface area (Å²) in [6, 6.07) is 4.01. The van der Waals surface area contributed by atoms with Crippen LogP contribution in [0.3, 0.4) is 0 Å². The average Bonchev–Trinajstić information content (AvgIpc) is 2.43. The number of nitrogens with two attached hydrogens (primary N) is 1. The van der Waals surface area contributed by atoms with Crippen molar-refractivity contribution in [2.45, 2.75) is 13.8 Å². The van der Waals surface area contributed by atoms with Crippen molar-refractivity contribution in [2.24, 2.45) is 0 Å². The molecule has 0 aliphatic carbocycles. The molecule has 0 fully saturated rings. The van der Waals surface area contributed by atoms with Crippen molar-refractivity contribution in [2.75, 3.05) is 12.3 Å². The first kappa shape index (κ1) is 14.7. The summed E-state index contributed by atoms with van der Waals surface area (Å²) >= 11 is 0. The summed E-state index contributed by atoms with van der Waals surface area (Å²) in [5, 5.41) is 0. The van der Waals surface area contributed by atoms with E-state index in [1.54, 1.807) is 13.8 Å². The van der Waals surface area contributed by atoms with Crippen molar-refractivity contribution in [3.8, 4) is 11.8 Å². The molecule has 0 spiro atoms. The highest BCUT2D eigenvalue weighted by Gasteiger charge is 2.13. The lowest BCUT2D eigenvalue weighted by Crippen LogP contribution is -2.09. The fourth-order valence-corrected chi connectivity index (χ4v) is 1.58. The smallest absolute Gasteiger partial charge is 0.341 e. The maximum atomic E-state index is 13.3. The highest BCUT2D eigenvalue weighted by atomic mass is 19.1. The first-order valence-electron chi connectivity index (χ1n) is 6.25. The molecule has 2 aromatic rings. The minimum absolute atomic E-state index is 0.00437. The van der Waals surface area contributed by atoms with Crippen LogP contribution in [0.25, 0.3) is 0 Å². The van der Waals surface area contributed by atoms with Crippen molar-refractivity contribution < 1.29 is 18.7 Å². The van der Waals surface area contributed by atoms with Crippen LogP contribution in [0.4, 0.5) is 10.1 Å². The van der Waals surface area contributed by atoms with E-state index in [-0.39, 0.29) is 29.6 Å². The van der Waals surface area contributed by atoms with E-state index in [2.05, 4.69) is 9.97 Å². The van der Waals surface area contributed by atoms with E-state index in [0.29, 0.717) is 5.69 Å². The Morgan fingerprint density at radius 2 is 2.19 bits per heavy atom. The summed E-state index contributed by atoms with van der Waals surface area (Å²) in [7, 11) is 0. The third-order valence-electron chi connectivity index (χ3n) is 2.63. The number of aromatic nitrogens is 2. The highest BCUT2D eigenvalue weighted by molar-refractivity contribution is 5.90. The Bertz CT molecular complexity index is 677. The van der Waals surface area contributed by atoms with Gasteiger partial charge in [-0.05, 0) is 26.0 Å². The van der Waals surface area contributed by atoms with Crippen LogP contribution in [0.2, 0.25) is 0 Å². The molecule has 1 aromatic heterocycles. The van der Waals surface area contributed by atoms with E-state index in [1.165, 1.54) is 18.3 Å². The second-order valence-electron chi connectivity index (χ2n) is 4.16. The number of ether oxygens (including phenoxy) is 2. The van der Waals surface area contributed by atoms with Gasteiger partial charge in [0.25, 0.3) is 0 Å². The molecule has 7 heteroatoms. The van der Waals surface area contributed by atoms with Crippen molar-refractivity contribution >= 4 is 11.7 Å². The van der Waals surface area contributed by atoms with Crippen molar-refractivity contribution in [3.05, 3.63) is 41.5 Å². The predicted molar refractivity (Wildman–Crippen MR) is 73.6 cm³/mol. The van der Waals surface area contributed by atoms with E-state index in [9.17, 15) is 9.18 Å². The fraction of sp³-hybridized carbons (Fsp3) is 0.214. The van der Waals surface area contributed by atoms with Crippen LogP contribution in [-0.4, -0.2) is 22.5 Å². The van der Waals surface area contributed by atoms with Crippen molar-refractivity contribution in [1.82, 2.24) is 9.97 Å². The molecule has 2 rings (SSSR count). The molecule has 1 aromatic carbocycles. The maximum Gasteiger partial charge on any atom is 0.341 e. The Hall–Kier alpha value is -2.70. The van der Waals surface area contributed by atoms with Crippen molar-refractivity contribution in [1.29, 1.82) is 0 Å². The van der Waals surface area contributed by atoms with Crippen LogP contribution in [0, 0.1) is 12.7 Å². The lowest BCUT2D eigenvalue weighted by Gasteiger charge is -2.08. The first-order chi connectivity index (χ1) is 10.0. The van der Waals surface area contributed by atoms with E-state index < -0.39 is 11.8 Å². The zero-order valence-electron chi connectivity index (χ0n) is 11.6. The van der Waals surface area contributed by atoms with Gasteiger partial charge in [0.15, 0.2) is 0 Å². The molecule has 0 aliphatic rings.